The minimum atomic E-state index is -4.20. The normalized spacial score (nSPS) is 19.3. The molecule has 0 heterocycles. The zero-order valence-electron chi connectivity index (χ0n) is 11.4. The van der Waals surface area contributed by atoms with Gasteiger partial charge < -0.3 is 19.6 Å². The number of hydrogen-bond donors (Lipinski definition) is 3. The van der Waals surface area contributed by atoms with Gasteiger partial charge in [0, 0.05) is 0 Å². The Bertz CT molecular complexity index is 280. The minimum absolute atomic E-state index is 0.410. The summed E-state index contributed by atoms with van der Waals surface area (Å²) in [5.74, 6) is 0. The van der Waals surface area contributed by atoms with Gasteiger partial charge in [0.15, 0.2) is 0 Å². The third-order valence-corrected chi connectivity index (χ3v) is 3.17. The van der Waals surface area contributed by atoms with Crippen LogP contribution in [0.2, 0.25) is 0 Å². The fourth-order valence-electron chi connectivity index (χ4n) is 1.30. The van der Waals surface area contributed by atoms with E-state index in [0.29, 0.717) is 17.4 Å². The number of phosphoric ester groups is 1. The zero-order valence-corrected chi connectivity index (χ0v) is 12.3. The number of hydrogen-bond acceptors (Lipinski definition) is 5. The Morgan fingerprint density at radius 2 is 1.89 bits per heavy atom. The van der Waals surface area contributed by atoms with E-state index in [-0.39, 0.29) is 0 Å². The van der Waals surface area contributed by atoms with Crippen LogP contribution in [0.15, 0.2) is 0 Å². The van der Waals surface area contributed by atoms with Crippen LogP contribution in [0, 0.1) is 0 Å². The Morgan fingerprint density at radius 3 is 2.28 bits per heavy atom. The third kappa shape index (κ3) is 8.99. The van der Waals surface area contributed by atoms with Crippen molar-refractivity contribution < 1.29 is 33.2 Å². The molecule has 0 aliphatic carbocycles. The molecule has 110 valence electrons. The number of rotatable bonds is 9. The van der Waals surface area contributed by atoms with Crippen molar-refractivity contribution >= 4 is 7.82 Å². The number of likely N-dealkylation sites (N-methyl/N-ethyl adjacent to an activating group) is 1. The molecular weight excluding hydrogens is 261 g/mol. The SMILES string of the molecule is CCC(C[N+](C)(C)C)OP(=O)(O)OCC(O)CO. The first-order valence-corrected chi connectivity index (χ1v) is 7.34. The lowest BCUT2D eigenvalue weighted by Crippen LogP contribution is -2.42. The predicted molar refractivity (Wildman–Crippen MR) is 66.9 cm³/mol. The van der Waals surface area contributed by atoms with Crippen LogP contribution < -0.4 is 0 Å². The highest BCUT2D eigenvalue weighted by Crippen LogP contribution is 2.45. The molecule has 8 heteroatoms. The first kappa shape index (κ1) is 18.0. The highest BCUT2D eigenvalue weighted by Gasteiger charge is 2.29. The Labute approximate surface area is 108 Å². The molecular formula is C10H25NO6P+. The van der Waals surface area contributed by atoms with Crippen molar-refractivity contribution in [1.29, 1.82) is 0 Å². The van der Waals surface area contributed by atoms with Crippen molar-refractivity contribution in [2.45, 2.75) is 25.6 Å². The van der Waals surface area contributed by atoms with Crippen LogP contribution in [0.1, 0.15) is 13.3 Å². The number of quaternary nitrogens is 1. The summed E-state index contributed by atoms with van der Waals surface area (Å²) in [4.78, 5) is 9.47. The molecule has 0 radical (unpaired) electrons. The quantitative estimate of drug-likeness (QED) is 0.406. The molecule has 7 nitrogen and oxygen atoms in total. The van der Waals surface area contributed by atoms with Gasteiger partial charge in [-0.3, -0.25) is 9.05 Å². The van der Waals surface area contributed by atoms with Gasteiger partial charge in [0.25, 0.3) is 0 Å². The highest BCUT2D eigenvalue weighted by molar-refractivity contribution is 7.47. The minimum Gasteiger partial charge on any atom is -0.394 e. The zero-order chi connectivity index (χ0) is 14.4. The van der Waals surface area contributed by atoms with Crippen LogP contribution in [-0.2, 0) is 13.6 Å². The van der Waals surface area contributed by atoms with Crippen molar-refractivity contribution in [2.24, 2.45) is 0 Å². The van der Waals surface area contributed by atoms with Crippen LogP contribution >= 0.6 is 7.82 Å². The average Bonchev–Trinajstić information content (AvgIpc) is 2.22. The number of aliphatic hydroxyl groups is 2. The Morgan fingerprint density at radius 1 is 1.33 bits per heavy atom. The maximum absolute atomic E-state index is 11.6. The van der Waals surface area contributed by atoms with E-state index < -0.39 is 33.2 Å². The summed E-state index contributed by atoms with van der Waals surface area (Å²) in [5.41, 5.74) is 0. The fourth-order valence-corrected chi connectivity index (χ4v) is 2.31. The lowest BCUT2D eigenvalue weighted by molar-refractivity contribution is -0.873. The van der Waals surface area contributed by atoms with Crippen molar-refractivity contribution in [3.05, 3.63) is 0 Å². The highest BCUT2D eigenvalue weighted by atomic mass is 31.2. The molecule has 0 spiro atoms. The van der Waals surface area contributed by atoms with Gasteiger partial charge in [-0.1, -0.05) is 6.92 Å². The number of nitrogens with zero attached hydrogens (tertiary/aromatic N) is 1. The van der Waals surface area contributed by atoms with Crippen molar-refractivity contribution in [3.8, 4) is 0 Å². The molecule has 0 fully saturated rings. The maximum Gasteiger partial charge on any atom is 0.472 e. The second-order valence-corrected chi connectivity index (χ2v) is 6.62. The summed E-state index contributed by atoms with van der Waals surface area (Å²) >= 11 is 0. The molecule has 18 heavy (non-hydrogen) atoms. The predicted octanol–water partition coefficient (Wildman–Crippen LogP) is -0.0420. The van der Waals surface area contributed by atoms with Gasteiger partial charge in [0.1, 0.15) is 18.8 Å². The lowest BCUT2D eigenvalue weighted by atomic mass is 10.2. The molecule has 0 aromatic carbocycles. The molecule has 0 aromatic heterocycles. The van der Waals surface area contributed by atoms with Crippen LogP contribution in [-0.4, -0.2) is 72.7 Å². The smallest absolute Gasteiger partial charge is 0.394 e. The molecule has 0 saturated carbocycles. The first-order valence-electron chi connectivity index (χ1n) is 5.84. The average molecular weight is 286 g/mol. The standard InChI is InChI=1S/C10H24NO6P/c1-5-10(6-11(2,3)4)17-18(14,15)16-8-9(13)7-12/h9-10,12-13H,5-8H2,1-4H3/p+1. The van der Waals surface area contributed by atoms with Crippen molar-refractivity contribution in [2.75, 3.05) is 40.9 Å². The fraction of sp³-hybridized carbons (Fsp3) is 1.00. The molecule has 0 aromatic rings. The number of aliphatic hydroxyl groups excluding tert-OH is 2. The van der Waals surface area contributed by atoms with E-state index in [2.05, 4.69) is 4.52 Å². The van der Waals surface area contributed by atoms with Gasteiger partial charge in [-0.2, -0.15) is 0 Å². The van der Waals surface area contributed by atoms with E-state index in [1.165, 1.54) is 0 Å². The summed E-state index contributed by atoms with van der Waals surface area (Å²) in [7, 11) is 1.65. The summed E-state index contributed by atoms with van der Waals surface area (Å²) in [5, 5.41) is 17.6. The van der Waals surface area contributed by atoms with E-state index in [4.69, 9.17) is 14.7 Å². The van der Waals surface area contributed by atoms with E-state index in [1.54, 1.807) is 0 Å². The Hall–Kier alpha value is -0.0100. The molecule has 0 aliphatic rings. The second-order valence-electron chi connectivity index (χ2n) is 5.21. The molecule has 3 atom stereocenters. The van der Waals surface area contributed by atoms with Gasteiger partial charge >= 0.3 is 7.82 Å². The summed E-state index contributed by atoms with van der Waals surface area (Å²) in [6.07, 6.45) is -1.02. The summed E-state index contributed by atoms with van der Waals surface area (Å²) < 4.78 is 21.8. The third-order valence-electron chi connectivity index (χ3n) is 2.13. The van der Waals surface area contributed by atoms with Gasteiger partial charge in [0.2, 0.25) is 0 Å². The van der Waals surface area contributed by atoms with E-state index in [0.717, 1.165) is 0 Å². The van der Waals surface area contributed by atoms with Crippen LogP contribution in [0.3, 0.4) is 0 Å². The van der Waals surface area contributed by atoms with Crippen LogP contribution in [0.5, 0.6) is 0 Å². The second kappa shape index (κ2) is 7.55. The van der Waals surface area contributed by atoms with Crippen LogP contribution in [0.4, 0.5) is 0 Å². The molecule has 0 rings (SSSR count). The Kier molecular flexibility index (Phi) is 7.54. The Balaban J connectivity index is 4.31. The van der Waals surface area contributed by atoms with Crippen molar-refractivity contribution in [1.82, 2.24) is 0 Å². The van der Waals surface area contributed by atoms with E-state index >= 15 is 0 Å². The van der Waals surface area contributed by atoms with E-state index in [1.807, 2.05) is 28.1 Å². The topological polar surface area (TPSA) is 96.2 Å². The van der Waals surface area contributed by atoms with Crippen molar-refractivity contribution in [3.63, 3.8) is 0 Å². The maximum atomic E-state index is 11.6. The monoisotopic (exact) mass is 286 g/mol. The molecule has 3 unspecified atom stereocenters. The first-order chi connectivity index (χ1) is 8.09. The summed E-state index contributed by atoms with van der Waals surface area (Å²) in [6, 6.07) is 0. The molecule has 0 saturated heterocycles. The van der Waals surface area contributed by atoms with Gasteiger partial charge in [-0.25, -0.2) is 4.57 Å². The molecule has 0 aliphatic heterocycles. The van der Waals surface area contributed by atoms with Gasteiger partial charge in [-0.15, -0.1) is 0 Å². The summed E-state index contributed by atoms with van der Waals surface area (Å²) in [6.45, 7) is 1.44. The molecule has 0 amide bonds. The largest absolute Gasteiger partial charge is 0.472 e. The van der Waals surface area contributed by atoms with Gasteiger partial charge in [-0.05, 0) is 6.42 Å². The molecule has 0 bridgehead atoms. The molecule has 3 N–H and O–H groups in total. The van der Waals surface area contributed by atoms with Gasteiger partial charge in [0.05, 0.1) is 34.4 Å². The lowest BCUT2D eigenvalue weighted by Gasteiger charge is -2.29. The number of phosphoric acid groups is 1. The van der Waals surface area contributed by atoms with E-state index in [9.17, 15) is 9.46 Å². The van der Waals surface area contributed by atoms with Crippen LogP contribution in [0.25, 0.3) is 0 Å².